The molecule has 2 unspecified atom stereocenters. The van der Waals surface area contributed by atoms with E-state index in [2.05, 4.69) is 29.6 Å². The van der Waals surface area contributed by atoms with Crippen LogP contribution in [0.4, 0.5) is 0 Å². The Labute approximate surface area is 103 Å². The Morgan fingerprint density at radius 2 is 1.94 bits per heavy atom. The van der Waals surface area contributed by atoms with Gasteiger partial charge in [0.1, 0.15) is 0 Å². The molecule has 5 heteroatoms. The van der Waals surface area contributed by atoms with Gasteiger partial charge in [-0.25, -0.2) is 5.01 Å². The highest BCUT2D eigenvalue weighted by Gasteiger charge is 2.26. The zero-order chi connectivity index (χ0) is 12.3. The van der Waals surface area contributed by atoms with Gasteiger partial charge in [-0.05, 0) is 33.2 Å². The van der Waals surface area contributed by atoms with Crippen molar-refractivity contribution in [1.29, 1.82) is 0 Å². The molecule has 0 saturated carbocycles. The molecule has 0 aromatic rings. The first-order valence-electron chi connectivity index (χ1n) is 6.65. The van der Waals surface area contributed by atoms with Crippen molar-refractivity contribution in [3.8, 4) is 0 Å². The van der Waals surface area contributed by atoms with Gasteiger partial charge in [0.05, 0.1) is 6.04 Å². The Bertz CT molecular complexity index is 263. The maximum Gasteiger partial charge on any atom is 0.251 e. The van der Waals surface area contributed by atoms with Crippen LogP contribution < -0.4 is 10.7 Å². The minimum Gasteiger partial charge on any atom is -0.304 e. The van der Waals surface area contributed by atoms with E-state index in [9.17, 15) is 4.79 Å². The van der Waals surface area contributed by atoms with E-state index in [-0.39, 0.29) is 11.9 Å². The van der Waals surface area contributed by atoms with Crippen LogP contribution in [0.15, 0.2) is 0 Å². The molecule has 2 fully saturated rings. The van der Waals surface area contributed by atoms with Crippen LogP contribution >= 0.6 is 0 Å². The van der Waals surface area contributed by atoms with Crippen molar-refractivity contribution in [2.75, 3.05) is 33.2 Å². The fourth-order valence-electron chi connectivity index (χ4n) is 2.50. The van der Waals surface area contributed by atoms with Crippen LogP contribution in [0.25, 0.3) is 0 Å². The highest BCUT2D eigenvalue weighted by Crippen LogP contribution is 2.12. The maximum atomic E-state index is 12.1. The molecule has 17 heavy (non-hydrogen) atoms. The van der Waals surface area contributed by atoms with Crippen molar-refractivity contribution in [1.82, 2.24) is 20.7 Å². The summed E-state index contributed by atoms with van der Waals surface area (Å²) in [6.45, 7) is 6.04. The number of nitrogens with one attached hydrogen (secondary N) is 2. The number of piperazine rings is 1. The molecule has 0 spiro atoms. The number of likely N-dealkylation sites (N-methyl/N-ethyl adjacent to an activating group) is 1. The topological polar surface area (TPSA) is 47.6 Å². The minimum atomic E-state index is -0.00148. The number of hydrazine groups is 1. The van der Waals surface area contributed by atoms with Crippen molar-refractivity contribution in [2.45, 2.75) is 38.3 Å². The summed E-state index contributed by atoms with van der Waals surface area (Å²) in [5.74, 6) is 0.140. The molecule has 2 saturated heterocycles. The molecular weight excluding hydrogens is 216 g/mol. The Balaban J connectivity index is 1.76. The standard InChI is InChI=1S/C12H24N4O/c1-10-4-3-5-11(13-10)12(17)14-16-8-6-15(2)7-9-16/h10-11,13H,3-9H2,1-2H3,(H,14,17). The summed E-state index contributed by atoms with van der Waals surface area (Å²) >= 11 is 0. The molecule has 0 bridgehead atoms. The monoisotopic (exact) mass is 240 g/mol. The molecule has 2 heterocycles. The SMILES string of the molecule is CC1CCCC(C(=O)NN2CCN(C)CC2)N1. The van der Waals surface area contributed by atoms with E-state index in [1.165, 1.54) is 6.42 Å². The lowest BCUT2D eigenvalue weighted by molar-refractivity contribution is -0.129. The van der Waals surface area contributed by atoms with Crippen molar-refractivity contribution in [3.63, 3.8) is 0 Å². The number of hydrogen-bond acceptors (Lipinski definition) is 4. The number of rotatable bonds is 2. The number of carbonyl (C=O) groups excluding carboxylic acids is 1. The smallest absolute Gasteiger partial charge is 0.251 e. The summed E-state index contributed by atoms with van der Waals surface area (Å²) in [5.41, 5.74) is 3.03. The lowest BCUT2D eigenvalue weighted by Crippen LogP contribution is -2.58. The molecule has 98 valence electrons. The molecule has 2 rings (SSSR count). The summed E-state index contributed by atoms with van der Waals surface area (Å²) in [4.78, 5) is 14.3. The highest BCUT2D eigenvalue weighted by molar-refractivity contribution is 5.81. The summed E-state index contributed by atoms with van der Waals surface area (Å²) in [6.07, 6.45) is 3.29. The van der Waals surface area contributed by atoms with Crippen molar-refractivity contribution in [2.24, 2.45) is 0 Å². The lowest BCUT2D eigenvalue weighted by atomic mass is 9.99. The van der Waals surface area contributed by atoms with Gasteiger partial charge in [0, 0.05) is 32.2 Å². The van der Waals surface area contributed by atoms with Crippen LogP contribution in [-0.4, -0.2) is 61.1 Å². The van der Waals surface area contributed by atoms with Crippen LogP contribution in [0, 0.1) is 0 Å². The van der Waals surface area contributed by atoms with Gasteiger partial charge in [-0.3, -0.25) is 10.2 Å². The molecule has 0 aromatic carbocycles. The average molecular weight is 240 g/mol. The molecule has 0 aliphatic carbocycles. The summed E-state index contributed by atoms with van der Waals surface area (Å²) in [7, 11) is 2.11. The van der Waals surface area contributed by atoms with Gasteiger partial charge < -0.3 is 10.2 Å². The van der Waals surface area contributed by atoms with E-state index in [1.807, 2.05) is 5.01 Å². The van der Waals surface area contributed by atoms with E-state index in [1.54, 1.807) is 0 Å². The first kappa shape index (κ1) is 12.8. The van der Waals surface area contributed by atoms with Gasteiger partial charge in [-0.2, -0.15) is 0 Å². The average Bonchev–Trinajstić information content (AvgIpc) is 2.32. The molecule has 2 atom stereocenters. The van der Waals surface area contributed by atoms with Crippen LogP contribution in [0.5, 0.6) is 0 Å². The first-order chi connectivity index (χ1) is 8.15. The van der Waals surface area contributed by atoms with Gasteiger partial charge in [-0.1, -0.05) is 0 Å². The van der Waals surface area contributed by atoms with Gasteiger partial charge in [0.25, 0.3) is 5.91 Å². The first-order valence-corrected chi connectivity index (χ1v) is 6.65. The molecular formula is C12H24N4O. The summed E-state index contributed by atoms with van der Waals surface area (Å²) < 4.78 is 0. The molecule has 2 N–H and O–H groups in total. The largest absolute Gasteiger partial charge is 0.304 e. The number of carbonyl (C=O) groups is 1. The molecule has 2 aliphatic heterocycles. The van der Waals surface area contributed by atoms with Gasteiger partial charge in [-0.15, -0.1) is 0 Å². The molecule has 1 amide bonds. The summed E-state index contributed by atoms with van der Waals surface area (Å²) in [6, 6.07) is 0.463. The Hall–Kier alpha value is -0.650. The quantitative estimate of drug-likeness (QED) is 0.701. The van der Waals surface area contributed by atoms with Crippen molar-refractivity contribution in [3.05, 3.63) is 0 Å². The third-order valence-corrected chi connectivity index (χ3v) is 3.70. The third kappa shape index (κ3) is 3.66. The molecule has 5 nitrogen and oxygen atoms in total. The Kier molecular flexibility index (Phi) is 4.36. The van der Waals surface area contributed by atoms with Crippen LogP contribution in [0.2, 0.25) is 0 Å². The summed E-state index contributed by atoms with van der Waals surface area (Å²) in [5, 5.41) is 5.41. The van der Waals surface area contributed by atoms with E-state index in [0.29, 0.717) is 6.04 Å². The number of hydrogen-bond donors (Lipinski definition) is 2. The normalized spacial score (nSPS) is 32.4. The van der Waals surface area contributed by atoms with Gasteiger partial charge >= 0.3 is 0 Å². The van der Waals surface area contributed by atoms with E-state index in [0.717, 1.165) is 39.0 Å². The number of piperidine rings is 1. The van der Waals surface area contributed by atoms with E-state index >= 15 is 0 Å². The predicted octanol–water partition coefficient (Wildman–Crippen LogP) is -0.204. The van der Waals surface area contributed by atoms with Gasteiger partial charge in [0.2, 0.25) is 0 Å². The van der Waals surface area contributed by atoms with Crippen molar-refractivity contribution >= 4 is 5.91 Å². The predicted molar refractivity (Wildman–Crippen MR) is 67.4 cm³/mol. The second-order valence-electron chi connectivity index (χ2n) is 5.32. The Morgan fingerprint density at radius 1 is 1.24 bits per heavy atom. The number of amides is 1. The van der Waals surface area contributed by atoms with Crippen molar-refractivity contribution < 1.29 is 4.79 Å². The van der Waals surface area contributed by atoms with Crippen LogP contribution in [0.3, 0.4) is 0 Å². The Morgan fingerprint density at radius 3 is 2.59 bits per heavy atom. The molecule has 0 radical (unpaired) electrons. The third-order valence-electron chi connectivity index (χ3n) is 3.70. The van der Waals surface area contributed by atoms with E-state index < -0.39 is 0 Å². The zero-order valence-electron chi connectivity index (χ0n) is 10.9. The highest BCUT2D eigenvalue weighted by atomic mass is 16.2. The van der Waals surface area contributed by atoms with Crippen LogP contribution in [0.1, 0.15) is 26.2 Å². The zero-order valence-corrected chi connectivity index (χ0v) is 10.9. The lowest BCUT2D eigenvalue weighted by Gasteiger charge is -2.34. The molecule has 2 aliphatic rings. The fraction of sp³-hybridized carbons (Fsp3) is 0.917. The number of nitrogens with zero attached hydrogens (tertiary/aromatic N) is 2. The fourth-order valence-corrected chi connectivity index (χ4v) is 2.50. The van der Waals surface area contributed by atoms with Gasteiger partial charge in [0.15, 0.2) is 0 Å². The minimum absolute atomic E-state index is 0.00148. The second kappa shape index (κ2) is 5.80. The van der Waals surface area contributed by atoms with Crippen LogP contribution in [-0.2, 0) is 4.79 Å². The molecule has 0 aromatic heterocycles. The maximum absolute atomic E-state index is 12.1. The second-order valence-corrected chi connectivity index (χ2v) is 5.32. The van der Waals surface area contributed by atoms with E-state index in [4.69, 9.17) is 0 Å².